The van der Waals surface area contributed by atoms with Crippen molar-refractivity contribution in [1.82, 2.24) is 0 Å². The zero-order valence-corrected chi connectivity index (χ0v) is 8.97. The molecule has 0 saturated carbocycles. The molecule has 0 aliphatic rings. The Balaban J connectivity index is 2.87. The van der Waals surface area contributed by atoms with Crippen LogP contribution in [0.5, 0.6) is 0 Å². The van der Waals surface area contributed by atoms with Crippen molar-refractivity contribution in [3.8, 4) is 0 Å². The van der Waals surface area contributed by atoms with Gasteiger partial charge in [-0.1, -0.05) is 25.1 Å². The van der Waals surface area contributed by atoms with E-state index in [0.29, 0.717) is 6.42 Å². The Kier molecular flexibility index (Phi) is 2.58. The van der Waals surface area contributed by atoms with Crippen LogP contribution in [-0.2, 0) is 6.42 Å². The molecule has 2 aromatic rings. The van der Waals surface area contributed by atoms with Gasteiger partial charge in [-0.15, -0.1) is 0 Å². The summed E-state index contributed by atoms with van der Waals surface area (Å²) in [5.41, 5.74) is 1.78. The fourth-order valence-electron chi connectivity index (χ4n) is 1.98. The molecule has 0 bridgehead atoms. The van der Waals surface area contributed by atoms with Gasteiger partial charge in [-0.25, -0.2) is 4.39 Å². The summed E-state index contributed by atoms with van der Waals surface area (Å²) in [6, 6.07) is 9.33. The third-order valence-corrected chi connectivity index (χ3v) is 2.72. The minimum Gasteiger partial charge on any atom is -0.388 e. The maximum Gasteiger partial charge on any atom is 0.127 e. The van der Waals surface area contributed by atoms with Crippen LogP contribution in [-0.4, -0.2) is 7.05 Å². The Morgan fingerprint density at radius 2 is 2.00 bits per heavy atom. The summed E-state index contributed by atoms with van der Waals surface area (Å²) >= 11 is 0. The van der Waals surface area contributed by atoms with Crippen LogP contribution in [0, 0.1) is 5.82 Å². The molecule has 0 saturated heterocycles. The van der Waals surface area contributed by atoms with Crippen molar-refractivity contribution in [2.24, 2.45) is 0 Å². The molecule has 1 nitrogen and oxygen atoms in total. The molecule has 0 aliphatic heterocycles. The monoisotopic (exact) mass is 203 g/mol. The Labute approximate surface area is 88.9 Å². The summed E-state index contributed by atoms with van der Waals surface area (Å²) < 4.78 is 13.6. The number of hydrogen-bond acceptors (Lipinski definition) is 1. The lowest BCUT2D eigenvalue weighted by Gasteiger charge is -2.10. The highest BCUT2D eigenvalue weighted by Crippen LogP contribution is 2.28. The van der Waals surface area contributed by atoms with Crippen LogP contribution in [0.3, 0.4) is 0 Å². The van der Waals surface area contributed by atoms with Crippen LogP contribution in [0.4, 0.5) is 10.1 Å². The number of aryl methyl sites for hydroxylation is 1. The highest BCUT2D eigenvalue weighted by Gasteiger charge is 2.08. The van der Waals surface area contributed by atoms with E-state index in [9.17, 15) is 4.39 Å². The van der Waals surface area contributed by atoms with E-state index in [2.05, 4.69) is 5.32 Å². The van der Waals surface area contributed by atoms with E-state index in [1.165, 1.54) is 0 Å². The van der Waals surface area contributed by atoms with Crippen molar-refractivity contribution in [2.75, 3.05) is 12.4 Å². The first-order chi connectivity index (χ1) is 7.27. The van der Waals surface area contributed by atoms with Gasteiger partial charge in [-0.3, -0.25) is 0 Å². The van der Waals surface area contributed by atoms with Gasteiger partial charge in [-0.05, 0) is 29.5 Å². The molecule has 0 spiro atoms. The first kappa shape index (κ1) is 9.97. The third-order valence-electron chi connectivity index (χ3n) is 2.72. The van der Waals surface area contributed by atoms with Gasteiger partial charge in [0.15, 0.2) is 0 Å². The van der Waals surface area contributed by atoms with Crippen molar-refractivity contribution in [1.29, 1.82) is 0 Å². The van der Waals surface area contributed by atoms with Crippen LogP contribution in [0.2, 0.25) is 0 Å². The summed E-state index contributed by atoms with van der Waals surface area (Å²) in [6.45, 7) is 1.98. The zero-order valence-electron chi connectivity index (χ0n) is 8.97. The van der Waals surface area contributed by atoms with E-state index < -0.39 is 0 Å². The fraction of sp³-hybridized carbons (Fsp3) is 0.231. The second-order valence-corrected chi connectivity index (χ2v) is 3.53. The van der Waals surface area contributed by atoms with E-state index in [0.717, 1.165) is 22.0 Å². The fourth-order valence-corrected chi connectivity index (χ4v) is 1.98. The van der Waals surface area contributed by atoms with Crippen LogP contribution >= 0.6 is 0 Å². The van der Waals surface area contributed by atoms with Crippen LogP contribution in [0.15, 0.2) is 30.3 Å². The molecular weight excluding hydrogens is 189 g/mol. The number of nitrogens with one attached hydrogen (secondary N) is 1. The molecule has 0 aromatic heterocycles. The first-order valence-corrected chi connectivity index (χ1v) is 5.15. The number of rotatable bonds is 2. The van der Waals surface area contributed by atoms with Crippen molar-refractivity contribution in [3.05, 3.63) is 41.7 Å². The van der Waals surface area contributed by atoms with Gasteiger partial charge >= 0.3 is 0 Å². The number of hydrogen-bond donors (Lipinski definition) is 1. The Morgan fingerprint density at radius 1 is 1.20 bits per heavy atom. The minimum atomic E-state index is -0.118. The van der Waals surface area contributed by atoms with E-state index in [4.69, 9.17) is 0 Å². The zero-order chi connectivity index (χ0) is 10.8. The molecule has 2 heteroatoms. The smallest absolute Gasteiger partial charge is 0.127 e. The van der Waals surface area contributed by atoms with Gasteiger partial charge in [0.2, 0.25) is 0 Å². The van der Waals surface area contributed by atoms with Crippen LogP contribution in [0.1, 0.15) is 12.5 Å². The van der Waals surface area contributed by atoms with E-state index in [-0.39, 0.29) is 5.82 Å². The molecule has 2 rings (SSSR count). The molecule has 0 radical (unpaired) electrons. The van der Waals surface area contributed by atoms with Gasteiger partial charge < -0.3 is 5.32 Å². The Hall–Kier alpha value is -1.57. The number of fused-ring (bicyclic) bond motifs is 1. The minimum absolute atomic E-state index is 0.118. The van der Waals surface area contributed by atoms with Crippen molar-refractivity contribution >= 4 is 16.5 Å². The largest absolute Gasteiger partial charge is 0.388 e. The summed E-state index contributed by atoms with van der Waals surface area (Å²) in [5, 5.41) is 5.19. The lowest BCUT2D eigenvalue weighted by atomic mass is 10.0. The van der Waals surface area contributed by atoms with Crippen LogP contribution < -0.4 is 5.32 Å². The first-order valence-electron chi connectivity index (χ1n) is 5.15. The topological polar surface area (TPSA) is 12.0 Å². The molecular formula is C13H14FN. The van der Waals surface area contributed by atoms with E-state index in [1.54, 1.807) is 6.07 Å². The normalized spacial score (nSPS) is 10.6. The second-order valence-electron chi connectivity index (χ2n) is 3.53. The molecule has 0 fully saturated rings. The van der Waals surface area contributed by atoms with E-state index in [1.807, 2.05) is 38.2 Å². The molecule has 0 amide bonds. The number of halogens is 1. The van der Waals surface area contributed by atoms with Gasteiger partial charge in [0.1, 0.15) is 5.82 Å². The van der Waals surface area contributed by atoms with Gasteiger partial charge in [0, 0.05) is 18.1 Å². The summed E-state index contributed by atoms with van der Waals surface area (Å²) in [6.07, 6.45) is 0.710. The molecule has 0 heterocycles. The lowest BCUT2D eigenvalue weighted by Crippen LogP contribution is -1.95. The summed E-state index contributed by atoms with van der Waals surface area (Å²) in [5.74, 6) is -0.118. The maximum absolute atomic E-state index is 13.6. The third kappa shape index (κ3) is 1.56. The molecule has 1 N–H and O–H groups in total. The van der Waals surface area contributed by atoms with Gasteiger partial charge in [0.25, 0.3) is 0 Å². The molecule has 15 heavy (non-hydrogen) atoms. The van der Waals surface area contributed by atoms with E-state index >= 15 is 0 Å². The molecule has 0 unspecified atom stereocenters. The molecule has 78 valence electrons. The van der Waals surface area contributed by atoms with Crippen molar-refractivity contribution in [3.63, 3.8) is 0 Å². The SMILES string of the molecule is CCc1c(F)ccc2cccc(NC)c12. The Morgan fingerprint density at radius 3 is 2.67 bits per heavy atom. The maximum atomic E-state index is 13.6. The number of anilines is 1. The quantitative estimate of drug-likeness (QED) is 0.786. The summed E-state index contributed by atoms with van der Waals surface area (Å²) in [7, 11) is 1.86. The highest BCUT2D eigenvalue weighted by molar-refractivity contribution is 5.96. The predicted octanol–water partition coefficient (Wildman–Crippen LogP) is 3.58. The van der Waals surface area contributed by atoms with Crippen molar-refractivity contribution < 1.29 is 4.39 Å². The number of benzene rings is 2. The summed E-state index contributed by atoms with van der Waals surface area (Å²) in [4.78, 5) is 0. The predicted molar refractivity (Wildman–Crippen MR) is 62.8 cm³/mol. The van der Waals surface area contributed by atoms with Gasteiger partial charge in [-0.2, -0.15) is 0 Å². The van der Waals surface area contributed by atoms with Crippen molar-refractivity contribution in [2.45, 2.75) is 13.3 Å². The molecule has 2 aromatic carbocycles. The molecule has 0 atom stereocenters. The van der Waals surface area contributed by atoms with Gasteiger partial charge in [0.05, 0.1) is 0 Å². The average molecular weight is 203 g/mol. The molecule has 0 aliphatic carbocycles. The lowest BCUT2D eigenvalue weighted by molar-refractivity contribution is 0.615. The standard InChI is InChI=1S/C13H14FN/c1-3-10-11(14)8-7-9-5-4-6-12(15-2)13(9)10/h4-8,15H,3H2,1-2H3. The second kappa shape index (κ2) is 3.89. The average Bonchev–Trinajstić information content (AvgIpc) is 2.28. The Bertz CT molecular complexity index is 491. The highest BCUT2D eigenvalue weighted by atomic mass is 19.1. The van der Waals surface area contributed by atoms with Crippen LogP contribution in [0.25, 0.3) is 10.8 Å².